The molecule has 0 amide bonds. The molecule has 0 spiro atoms. The number of aromatic nitrogens is 3. The Kier molecular flexibility index (Phi) is 3.93. The molecule has 0 saturated carbocycles. The van der Waals surface area contributed by atoms with Crippen molar-refractivity contribution in [1.29, 1.82) is 0 Å². The Balaban J connectivity index is 1.65. The number of benzene rings is 2. The summed E-state index contributed by atoms with van der Waals surface area (Å²) in [4.78, 5) is 19.4. The number of nitrogens with one attached hydrogen (secondary N) is 1. The first-order valence-corrected chi connectivity index (χ1v) is 8.14. The van der Waals surface area contributed by atoms with Gasteiger partial charge in [0, 0.05) is 12.1 Å². The number of ether oxygens (including phenoxy) is 2. The van der Waals surface area contributed by atoms with Crippen LogP contribution in [0.3, 0.4) is 0 Å². The Hall–Kier alpha value is -3.54. The number of H-pyrrole nitrogens is 1. The summed E-state index contributed by atoms with van der Waals surface area (Å²) < 4.78 is 12.7. The number of hydrogen-bond acceptors (Lipinski definition) is 4. The van der Waals surface area contributed by atoms with E-state index in [0.29, 0.717) is 17.3 Å². The van der Waals surface area contributed by atoms with Crippen molar-refractivity contribution in [3.63, 3.8) is 0 Å². The van der Waals surface area contributed by atoms with Crippen LogP contribution in [0.4, 0.5) is 0 Å². The summed E-state index contributed by atoms with van der Waals surface area (Å²) in [6, 6.07) is 16.7. The van der Waals surface area contributed by atoms with Crippen molar-refractivity contribution in [2.45, 2.75) is 6.92 Å². The van der Waals surface area contributed by atoms with Gasteiger partial charge in [-0.1, -0.05) is 18.2 Å². The second kappa shape index (κ2) is 6.40. The van der Waals surface area contributed by atoms with Crippen LogP contribution in [0.1, 0.15) is 5.56 Å². The molecule has 0 radical (unpaired) electrons. The lowest BCUT2D eigenvalue weighted by molar-refractivity contribution is 0.404. The fourth-order valence-electron chi connectivity index (χ4n) is 2.86. The highest BCUT2D eigenvalue weighted by Gasteiger charge is 2.09. The zero-order valence-electron chi connectivity index (χ0n) is 14.4. The number of aryl methyl sites for hydroxylation is 1. The number of fused-ring (bicyclic) bond motifs is 1. The fourth-order valence-corrected chi connectivity index (χ4v) is 2.86. The van der Waals surface area contributed by atoms with Crippen LogP contribution in [0.25, 0.3) is 16.7 Å². The van der Waals surface area contributed by atoms with Crippen LogP contribution in [0.5, 0.6) is 17.4 Å². The van der Waals surface area contributed by atoms with Crippen LogP contribution in [0.15, 0.2) is 65.6 Å². The maximum atomic E-state index is 12.3. The second-order valence-electron chi connectivity index (χ2n) is 5.87. The summed E-state index contributed by atoms with van der Waals surface area (Å²) in [5.74, 6) is 1.83. The molecule has 130 valence electrons. The highest BCUT2D eigenvalue weighted by Crippen LogP contribution is 2.27. The van der Waals surface area contributed by atoms with Crippen LogP contribution in [-0.2, 0) is 0 Å². The van der Waals surface area contributed by atoms with E-state index in [2.05, 4.69) is 9.97 Å². The lowest BCUT2D eigenvalue weighted by atomic mass is 10.2. The molecule has 6 heteroatoms. The molecule has 2 aromatic carbocycles. The number of nitrogens with zero attached hydrogens (tertiary/aromatic N) is 2. The van der Waals surface area contributed by atoms with Crippen molar-refractivity contribution in [1.82, 2.24) is 14.5 Å². The zero-order chi connectivity index (χ0) is 18.1. The lowest BCUT2D eigenvalue weighted by Crippen LogP contribution is -2.14. The Morgan fingerprint density at radius 1 is 1.08 bits per heavy atom. The number of methoxy groups -OCH3 is 1. The molecule has 2 aromatic heterocycles. The van der Waals surface area contributed by atoms with E-state index < -0.39 is 0 Å². The van der Waals surface area contributed by atoms with Crippen molar-refractivity contribution < 1.29 is 9.47 Å². The van der Waals surface area contributed by atoms with Gasteiger partial charge in [0.1, 0.15) is 11.5 Å². The molecule has 26 heavy (non-hydrogen) atoms. The highest BCUT2D eigenvalue weighted by atomic mass is 16.5. The van der Waals surface area contributed by atoms with Crippen LogP contribution in [-0.4, -0.2) is 21.6 Å². The van der Waals surface area contributed by atoms with E-state index in [9.17, 15) is 4.79 Å². The van der Waals surface area contributed by atoms with E-state index in [1.807, 2.05) is 49.4 Å². The summed E-state index contributed by atoms with van der Waals surface area (Å²) in [5.41, 5.74) is 3.08. The topological polar surface area (TPSA) is 69.1 Å². The number of para-hydroxylation sites is 2. The van der Waals surface area contributed by atoms with Crippen LogP contribution in [0.2, 0.25) is 0 Å². The minimum atomic E-state index is -0.204. The largest absolute Gasteiger partial charge is 0.496 e. The van der Waals surface area contributed by atoms with Crippen molar-refractivity contribution in [2.24, 2.45) is 0 Å². The number of imidazole rings is 1. The summed E-state index contributed by atoms with van der Waals surface area (Å²) >= 11 is 0. The number of aromatic amines is 1. The molecule has 0 atom stereocenters. The molecule has 4 aromatic rings. The molecule has 1 N–H and O–H groups in total. The van der Waals surface area contributed by atoms with Gasteiger partial charge in [0.2, 0.25) is 5.88 Å². The molecular weight excluding hydrogens is 330 g/mol. The average Bonchev–Trinajstić information content (AvgIpc) is 3.00. The molecule has 4 rings (SSSR count). The van der Waals surface area contributed by atoms with Crippen LogP contribution in [0, 0.1) is 6.92 Å². The Labute approximate surface area is 149 Å². The van der Waals surface area contributed by atoms with Gasteiger partial charge in [-0.15, -0.1) is 0 Å². The maximum Gasteiger partial charge on any atom is 0.331 e. The standard InChI is InChI=1S/C20H17N3O3/c1-13-7-9-15(11-18(13)25-2)26-19-10-8-14(12-21-19)23-17-6-4-3-5-16(17)22-20(23)24/h3-12H,1-2H3,(H,22,24). The smallest absolute Gasteiger partial charge is 0.331 e. The lowest BCUT2D eigenvalue weighted by Gasteiger charge is -2.09. The monoisotopic (exact) mass is 347 g/mol. The predicted molar refractivity (Wildman–Crippen MR) is 99.5 cm³/mol. The Bertz CT molecular complexity index is 1130. The van der Waals surface area contributed by atoms with Gasteiger partial charge in [-0.05, 0) is 36.8 Å². The second-order valence-corrected chi connectivity index (χ2v) is 5.87. The number of hydrogen-bond donors (Lipinski definition) is 1. The summed E-state index contributed by atoms with van der Waals surface area (Å²) in [5, 5.41) is 0. The number of rotatable bonds is 4. The van der Waals surface area contributed by atoms with E-state index in [1.54, 1.807) is 30.0 Å². The van der Waals surface area contributed by atoms with Crippen molar-refractivity contribution >= 4 is 11.0 Å². The third kappa shape index (κ3) is 2.82. The molecule has 6 nitrogen and oxygen atoms in total. The normalized spacial score (nSPS) is 10.8. The summed E-state index contributed by atoms with van der Waals surface area (Å²) in [6.45, 7) is 1.97. The van der Waals surface area contributed by atoms with Gasteiger partial charge in [0.25, 0.3) is 0 Å². The van der Waals surface area contributed by atoms with Crippen molar-refractivity contribution in [2.75, 3.05) is 7.11 Å². The third-order valence-corrected chi connectivity index (χ3v) is 4.17. The van der Waals surface area contributed by atoms with Gasteiger partial charge >= 0.3 is 5.69 Å². The molecule has 0 fully saturated rings. The number of pyridine rings is 1. The molecule has 2 heterocycles. The molecule has 0 aliphatic heterocycles. The van der Waals surface area contributed by atoms with Crippen LogP contribution < -0.4 is 15.2 Å². The van der Waals surface area contributed by atoms with E-state index in [0.717, 1.165) is 22.3 Å². The van der Waals surface area contributed by atoms with Crippen molar-refractivity contribution in [3.8, 4) is 23.1 Å². The molecule has 0 unspecified atom stereocenters. The SMILES string of the molecule is COc1cc(Oc2ccc(-n3c(=O)[nH]c4ccccc43)cn2)ccc1C. The van der Waals surface area contributed by atoms with Gasteiger partial charge in [-0.3, -0.25) is 4.57 Å². The van der Waals surface area contributed by atoms with Gasteiger partial charge < -0.3 is 14.5 Å². The van der Waals surface area contributed by atoms with E-state index in [-0.39, 0.29) is 5.69 Å². The molecule has 0 bridgehead atoms. The fraction of sp³-hybridized carbons (Fsp3) is 0.100. The minimum Gasteiger partial charge on any atom is -0.496 e. The molecule has 0 aliphatic carbocycles. The maximum absolute atomic E-state index is 12.3. The molecule has 0 saturated heterocycles. The summed E-state index contributed by atoms with van der Waals surface area (Å²) in [6.07, 6.45) is 1.61. The molecule has 0 aliphatic rings. The van der Waals surface area contributed by atoms with Gasteiger partial charge in [-0.2, -0.15) is 0 Å². The first-order valence-electron chi connectivity index (χ1n) is 8.14. The first-order chi connectivity index (χ1) is 12.7. The summed E-state index contributed by atoms with van der Waals surface area (Å²) in [7, 11) is 1.62. The van der Waals surface area contributed by atoms with Crippen molar-refractivity contribution in [3.05, 3.63) is 76.8 Å². The third-order valence-electron chi connectivity index (χ3n) is 4.17. The highest BCUT2D eigenvalue weighted by molar-refractivity contribution is 5.77. The van der Waals surface area contributed by atoms with E-state index >= 15 is 0 Å². The predicted octanol–water partition coefficient (Wildman–Crippen LogP) is 3.82. The Morgan fingerprint density at radius 3 is 2.69 bits per heavy atom. The van der Waals surface area contributed by atoms with Gasteiger partial charge in [-0.25, -0.2) is 9.78 Å². The quantitative estimate of drug-likeness (QED) is 0.609. The average molecular weight is 347 g/mol. The van der Waals surface area contributed by atoms with E-state index in [4.69, 9.17) is 9.47 Å². The van der Waals surface area contributed by atoms with Crippen LogP contribution >= 0.6 is 0 Å². The van der Waals surface area contributed by atoms with E-state index in [1.165, 1.54) is 0 Å². The van der Waals surface area contributed by atoms with Gasteiger partial charge in [0.05, 0.1) is 30.0 Å². The molecular formula is C20H17N3O3. The zero-order valence-corrected chi connectivity index (χ0v) is 14.4. The first kappa shape index (κ1) is 16.0. The minimum absolute atomic E-state index is 0.204. The Morgan fingerprint density at radius 2 is 1.92 bits per heavy atom. The van der Waals surface area contributed by atoms with Gasteiger partial charge in [0.15, 0.2) is 0 Å².